The molecular formula is C18H23FN2. The smallest absolute Gasteiger partial charge is 0.146 e. The minimum atomic E-state index is -0.226. The lowest BCUT2D eigenvalue weighted by Crippen LogP contribution is -2.23. The zero-order valence-electron chi connectivity index (χ0n) is 12.8. The Hall–Kier alpha value is -1.74. The summed E-state index contributed by atoms with van der Waals surface area (Å²) in [4.78, 5) is 3.84. The quantitative estimate of drug-likeness (QED) is 0.825. The summed E-state index contributed by atoms with van der Waals surface area (Å²) < 4.78 is 14.0. The summed E-state index contributed by atoms with van der Waals surface area (Å²) in [6.07, 6.45) is 5.81. The van der Waals surface area contributed by atoms with Crippen LogP contribution in [0.15, 0.2) is 42.7 Å². The largest absolute Gasteiger partial charge is 0.310 e. The number of pyridine rings is 1. The molecule has 1 unspecified atom stereocenters. The molecule has 0 radical (unpaired) electrons. The van der Waals surface area contributed by atoms with Gasteiger partial charge in [0.25, 0.3) is 0 Å². The third-order valence-electron chi connectivity index (χ3n) is 3.78. The van der Waals surface area contributed by atoms with Crippen molar-refractivity contribution >= 4 is 0 Å². The van der Waals surface area contributed by atoms with Gasteiger partial charge in [-0.2, -0.15) is 0 Å². The first-order valence-electron chi connectivity index (χ1n) is 7.59. The molecule has 1 atom stereocenters. The molecule has 0 aliphatic rings. The summed E-state index contributed by atoms with van der Waals surface area (Å²) in [7, 11) is 0. The van der Waals surface area contributed by atoms with E-state index in [4.69, 9.17) is 0 Å². The fraction of sp³-hybridized carbons (Fsp3) is 0.389. The van der Waals surface area contributed by atoms with Crippen molar-refractivity contribution in [2.45, 2.75) is 39.2 Å². The van der Waals surface area contributed by atoms with Gasteiger partial charge in [-0.05, 0) is 49.9 Å². The molecule has 0 aliphatic heterocycles. The van der Waals surface area contributed by atoms with Crippen LogP contribution < -0.4 is 5.32 Å². The molecule has 3 heteroatoms. The molecule has 2 aromatic rings. The van der Waals surface area contributed by atoms with Crippen molar-refractivity contribution in [3.05, 3.63) is 65.2 Å². The first-order valence-corrected chi connectivity index (χ1v) is 7.59. The van der Waals surface area contributed by atoms with E-state index >= 15 is 0 Å². The third kappa shape index (κ3) is 4.36. The Bertz CT molecular complexity index is 569. The molecule has 1 aromatic heterocycles. The summed E-state index contributed by atoms with van der Waals surface area (Å²) >= 11 is 0. The molecule has 2 rings (SSSR count). The average molecular weight is 286 g/mol. The topological polar surface area (TPSA) is 24.9 Å². The molecule has 112 valence electrons. The van der Waals surface area contributed by atoms with Crippen LogP contribution in [-0.4, -0.2) is 11.5 Å². The van der Waals surface area contributed by atoms with E-state index < -0.39 is 0 Å². The van der Waals surface area contributed by atoms with Crippen LogP contribution in [0.25, 0.3) is 0 Å². The fourth-order valence-electron chi connectivity index (χ4n) is 2.55. The third-order valence-corrected chi connectivity index (χ3v) is 3.78. The van der Waals surface area contributed by atoms with E-state index in [2.05, 4.69) is 42.3 Å². The zero-order chi connectivity index (χ0) is 15.1. The second-order valence-electron chi connectivity index (χ2n) is 5.37. The molecule has 0 fully saturated rings. The number of hydrogen-bond donors (Lipinski definition) is 1. The van der Waals surface area contributed by atoms with Crippen molar-refractivity contribution in [3.8, 4) is 0 Å². The Kier molecular flexibility index (Phi) is 5.88. The zero-order valence-corrected chi connectivity index (χ0v) is 12.8. The minimum absolute atomic E-state index is 0.0348. The maximum Gasteiger partial charge on any atom is 0.146 e. The van der Waals surface area contributed by atoms with E-state index in [1.807, 2.05) is 6.07 Å². The molecular weight excluding hydrogens is 263 g/mol. The van der Waals surface area contributed by atoms with Gasteiger partial charge in [-0.15, -0.1) is 0 Å². The van der Waals surface area contributed by atoms with Crippen molar-refractivity contribution in [3.63, 3.8) is 0 Å². The molecule has 2 nitrogen and oxygen atoms in total. The molecule has 0 aliphatic carbocycles. The van der Waals surface area contributed by atoms with E-state index in [-0.39, 0.29) is 11.9 Å². The number of halogens is 1. The number of aromatic nitrogens is 1. The highest BCUT2D eigenvalue weighted by atomic mass is 19.1. The monoisotopic (exact) mass is 286 g/mol. The van der Waals surface area contributed by atoms with Gasteiger partial charge >= 0.3 is 0 Å². The summed E-state index contributed by atoms with van der Waals surface area (Å²) in [6.45, 7) is 5.13. The van der Waals surface area contributed by atoms with Gasteiger partial charge < -0.3 is 5.32 Å². The van der Waals surface area contributed by atoms with E-state index in [1.54, 1.807) is 12.3 Å². The highest BCUT2D eigenvalue weighted by Gasteiger charge is 2.15. The highest BCUT2D eigenvalue weighted by Crippen LogP contribution is 2.22. The van der Waals surface area contributed by atoms with Gasteiger partial charge in [0.15, 0.2) is 0 Å². The Morgan fingerprint density at radius 1 is 1.24 bits per heavy atom. The van der Waals surface area contributed by atoms with Crippen molar-refractivity contribution in [2.75, 3.05) is 6.54 Å². The summed E-state index contributed by atoms with van der Waals surface area (Å²) in [5.74, 6) is -0.226. The van der Waals surface area contributed by atoms with Crippen LogP contribution in [0.5, 0.6) is 0 Å². The standard InChI is InChI=1S/C18H23FN2/c1-3-11-21-18(16-10-12-20-13-17(16)19)9-8-15-7-5-4-6-14(15)2/h4-7,10,12-13,18,21H,3,8-9,11H2,1-2H3. The van der Waals surface area contributed by atoms with Crippen LogP contribution in [0.2, 0.25) is 0 Å². The molecule has 1 heterocycles. The van der Waals surface area contributed by atoms with Crippen LogP contribution >= 0.6 is 0 Å². The Balaban J connectivity index is 2.10. The number of aryl methyl sites for hydroxylation is 2. The van der Waals surface area contributed by atoms with Gasteiger partial charge in [-0.1, -0.05) is 31.2 Å². The highest BCUT2D eigenvalue weighted by molar-refractivity contribution is 5.26. The van der Waals surface area contributed by atoms with Crippen LogP contribution in [0.1, 0.15) is 42.5 Å². The van der Waals surface area contributed by atoms with Crippen LogP contribution in [0, 0.1) is 12.7 Å². The Morgan fingerprint density at radius 3 is 2.76 bits per heavy atom. The van der Waals surface area contributed by atoms with E-state index in [1.165, 1.54) is 17.3 Å². The summed E-state index contributed by atoms with van der Waals surface area (Å²) in [5.41, 5.74) is 3.34. The molecule has 1 aromatic carbocycles. The second kappa shape index (κ2) is 7.89. The normalized spacial score (nSPS) is 12.3. The fourth-order valence-corrected chi connectivity index (χ4v) is 2.55. The number of rotatable bonds is 7. The number of benzene rings is 1. The van der Waals surface area contributed by atoms with Gasteiger partial charge in [0.2, 0.25) is 0 Å². The first kappa shape index (κ1) is 15.6. The first-order chi connectivity index (χ1) is 10.2. The molecule has 0 spiro atoms. The minimum Gasteiger partial charge on any atom is -0.310 e. The van der Waals surface area contributed by atoms with Crippen molar-refractivity contribution in [1.29, 1.82) is 0 Å². The molecule has 0 saturated heterocycles. The Morgan fingerprint density at radius 2 is 2.05 bits per heavy atom. The molecule has 1 N–H and O–H groups in total. The molecule has 21 heavy (non-hydrogen) atoms. The van der Waals surface area contributed by atoms with Crippen LogP contribution in [0.4, 0.5) is 4.39 Å². The second-order valence-corrected chi connectivity index (χ2v) is 5.37. The van der Waals surface area contributed by atoms with E-state index in [0.29, 0.717) is 5.56 Å². The van der Waals surface area contributed by atoms with Crippen molar-refractivity contribution in [2.24, 2.45) is 0 Å². The lowest BCUT2D eigenvalue weighted by Gasteiger charge is -2.20. The lowest BCUT2D eigenvalue weighted by molar-refractivity contribution is 0.472. The molecule has 0 bridgehead atoms. The van der Waals surface area contributed by atoms with Crippen LogP contribution in [-0.2, 0) is 6.42 Å². The predicted molar refractivity (Wildman–Crippen MR) is 84.7 cm³/mol. The lowest BCUT2D eigenvalue weighted by atomic mass is 9.97. The van der Waals surface area contributed by atoms with Crippen LogP contribution in [0.3, 0.4) is 0 Å². The molecule has 0 amide bonds. The summed E-state index contributed by atoms with van der Waals surface area (Å²) in [6, 6.07) is 10.2. The van der Waals surface area contributed by atoms with Crippen molar-refractivity contribution < 1.29 is 4.39 Å². The number of nitrogens with zero attached hydrogens (tertiary/aromatic N) is 1. The average Bonchev–Trinajstić information content (AvgIpc) is 2.50. The SMILES string of the molecule is CCCNC(CCc1ccccc1C)c1ccncc1F. The summed E-state index contributed by atoms with van der Waals surface area (Å²) in [5, 5.41) is 3.45. The van der Waals surface area contributed by atoms with Gasteiger partial charge in [-0.25, -0.2) is 4.39 Å². The van der Waals surface area contributed by atoms with Gasteiger partial charge in [0, 0.05) is 17.8 Å². The van der Waals surface area contributed by atoms with Gasteiger partial charge in [-0.3, -0.25) is 4.98 Å². The van der Waals surface area contributed by atoms with Gasteiger partial charge in [0.05, 0.1) is 6.20 Å². The van der Waals surface area contributed by atoms with E-state index in [9.17, 15) is 4.39 Å². The maximum absolute atomic E-state index is 14.0. The molecule has 0 saturated carbocycles. The number of hydrogen-bond acceptors (Lipinski definition) is 2. The van der Waals surface area contributed by atoms with E-state index in [0.717, 1.165) is 25.8 Å². The Labute approximate surface area is 126 Å². The number of nitrogens with one attached hydrogen (secondary N) is 1. The van der Waals surface area contributed by atoms with Gasteiger partial charge in [0.1, 0.15) is 5.82 Å². The van der Waals surface area contributed by atoms with Crippen molar-refractivity contribution in [1.82, 2.24) is 10.3 Å². The maximum atomic E-state index is 14.0. The predicted octanol–water partition coefficient (Wildman–Crippen LogP) is 4.20.